The largest absolute Gasteiger partial charge is 0.502 e. The number of amides is 1. The van der Waals surface area contributed by atoms with Gasteiger partial charge in [0.15, 0.2) is 5.75 Å². The summed E-state index contributed by atoms with van der Waals surface area (Å²) in [7, 11) is 3.16. The second-order valence-corrected chi connectivity index (χ2v) is 5.62. The predicted molar refractivity (Wildman–Crippen MR) is 84.8 cm³/mol. The van der Waals surface area contributed by atoms with E-state index in [1.807, 2.05) is 24.3 Å². The standard InChI is InChI=1S/C17H18N2O4/c1-18-10-12-6-7-19(16(21)14(12)15(20)17(18)22)9-11-4-3-5-13(8-11)23-2/h3-5,8,10,20H,6-7,9H2,1-2H3. The van der Waals surface area contributed by atoms with E-state index in [1.54, 1.807) is 25.3 Å². The van der Waals surface area contributed by atoms with Crippen LogP contribution >= 0.6 is 0 Å². The topological polar surface area (TPSA) is 71.8 Å². The average Bonchev–Trinajstić information content (AvgIpc) is 2.55. The molecule has 2 heterocycles. The van der Waals surface area contributed by atoms with Gasteiger partial charge in [-0.15, -0.1) is 0 Å². The van der Waals surface area contributed by atoms with Gasteiger partial charge in [-0.05, 0) is 29.7 Å². The Balaban J connectivity index is 1.92. The lowest BCUT2D eigenvalue weighted by Crippen LogP contribution is -2.38. The minimum atomic E-state index is -0.555. The van der Waals surface area contributed by atoms with Crippen LogP contribution in [0.15, 0.2) is 35.3 Å². The number of aryl methyl sites for hydroxylation is 1. The van der Waals surface area contributed by atoms with Crippen molar-refractivity contribution in [1.82, 2.24) is 9.47 Å². The van der Waals surface area contributed by atoms with E-state index in [4.69, 9.17) is 4.74 Å². The van der Waals surface area contributed by atoms with E-state index in [2.05, 4.69) is 0 Å². The Morgan fingerprint density at radius 1 is 1.30 bits per heavy atom. The quantitative estimate of drug-likeness (QED) is 0.927. The molecule has 0 fully saturated rings. The number of hydrogen-bond donors (Lipinski definition) is 1. The van der Waals surface area contributed by atoms with E-state index < -0.39 is 11.3 Å². The molecule has 1 aliphatic heterocycles. The first-order chi connectivity index (χ1) is 11.0. The van der Waals surface area contributed by atoms with Crippen molar-refractivity contribution in [3.63, 3.8) is 0 Å². The number of benzene rings is 1. The van der Waals surface area contributed by atoms with Crippen LogP contribution in [0.4, 0.5) is 0 Å². The normalized spacial score (nSPS) is 13.8. The van der Waals surface area contributed by atoms with E-state index in [0.717, 1.165) is 11.3 Å². The Hall–Kier alpha value is -2.76. The van der Waals surface area contributed by atoms with Crippen LogP contribution in [0.2, 0.25) is 0 Å². The lowest BCUT2D eigenvalue weighted by atomic mass is 9.99. The summed E-state index contributed by atoms with van der Waals surface area (Å²) in [5.74, 6) is -0.0568. The Morgan fingerprint density at radius 3 is 2.83 bits per heavy atom. The molecule has 1 aromatic heterocycles. The Bertz CT molecular complexity index is 826. The molecule has 1 aliphatic rings. The lowest BCUT2D eigenvalue weighted by Gasteiger charge is -2.29. The number of aromatic nitrogens is 1. The van der Waals surface area contributed by atoms with Crippen molar-refractivity contribution in [1.29, 1.82) is 0 Å². The summed E-state index contributed by atoms with van der Waals surface area (Å²) in [6, 6.07) is 7.48. The molecule has 0 saturated carbocycles. The third kappa shape index (κ3) is 2.67. The molecular weight excluding hydrogens is 296 g/mol. The maximum Gasteiger partial charge on any atom is 0.293 e. The maximum absolute atomic E-state index is 12.6. The summed E-state index contributed by atoms with van der Waals surface area (Å²) < 4.78 is 6.49. The van der Waals surface area contributed by atoms with Gasteiger partial charge in [-0.25, -0.2) is 0 Å². The van der Waals surface area contributed by atoms with Crippen LogP contribution < -0.4 is 10.3 Å². The van der Waals surface area contributed by atoms with E-state index in [9.17, 15) is 14.7 Å². The first kappa shape index (κ1) is 15.1. The van der Waals surface area contributed by atoms with E-state index in [1.165, 1.54) is 4.57 Å². The Kier molecular flexibility index (Phi) is 3.82. The third-order valence-electron chi connectivity index (χ3n) is 4.09. The fourth-order valence-electron chi connectivity index (χ4n) is 2.87. The molecule has 3 rings (SSSR count). The lowest BCUT2D eigenvalue weighted by molar-refractivity contribution is 0.0722. The number of methoxy groups -OCH3 is 1. The van der Waals surface area contributed by atoms with E-state index in [0.29, 0.717) is 25.1 Å². The number of nitrogens with zero attached hydrogens (tertiary/aromatic N) is 2. The number of fused-ring (bicyclic) bond motifs is 1. The van der Waals surface area contributed by atoms with Gasteiger partial charge in [0.1, 0.15) is 5.75 Å². The van der Waals surface area contributed by atoms with E-state index in [-0.39, 0.29) is 11.5 Å². The molecule has 6 nitrogen and oxygen atoms in total. The Morgan fingerprint density at radius 2 is 2.09 bits per heavy atom. The number of aromatic hydroxyl groups is 1. The molecular formula is C17H18N2O4. The van der Waals surface area contributed by atoms with Crippen molar-refractivity contribution < 1.29 is 14.6 Å². The highest BCUT2D eigenvalue weighted by Crippen LogP contribution is 2.25. The zero-order valence-corrected chi connectivity index (χ0v) is 13.1. The summed E-state index contributed by atoms with van der Waals surface area (Å²) in [5, 5.41) is 10.1. The highest BCUT2D eigenvalue weighted by Gasteiger charge is 2.29. The monoisotopic (exact) mass is 314 g/mol. The SMILES string of the molecule is COc1cccc(CN2CCc3cn(C)c(=O)c(O)c3C2=O)c1. The first-order valence-corrected chi connectivity index (χ1v) is 7.35. The number of ether oxygens (including phenoxy) is 1. The van der Waals surface area contributed by atoms with Crippen LogP contribution in [0, 0.1) is 0 Å². The van der Waals surface area contributed by atoms with Crippen molar-refractivity contribution >= 4 is 5.91 Å². The molecule has 0 atom stereocenters. The molecule has 120 valence electrons. The molecule has 0 saturated heterocycles. The summed E-state index contributed by atoms with van der Waals surface area (Å²) in [4.78, 5) is 26.1. The molecule has 2 aromatic rings. The van der Waals surface area contributed by atoms with Gasteiger partial charge >= 0.3 is 0 Å². The molecule has 1 aromatic carbocycles. The van der Waals surface area contributed by atoms with Crippen LogP contribution in [-0.2, 0) is 20.0 Å². The fourth-order valence-corrected chi connectivity index (χ4v) is 2.87. The van der Waals surface area contributed by atoms with Crippen molar-refractivity contribution in [3.05, 3.63) is 57.5 Å². The second-order valence-electron chi connectivity index (χ2n) is 5.62. The van der Waals surface area contributed by atoms with Crippen LogP contribution in [-0.4, -0.2) is 34.1 Å². The third-order valence-corrected chi connectivity index (χ3v) is 4.09. The highest BCUT2D eigenvalue weighted by molar-refractivity contribution is 5.99. The number of carbonyl (C=O) groups excluding carboxylic acids is 1. The molecule has 0 aliphatic carbocycles. The van der Waals surface area contributed by atoms with Crippen LogP contribution in [0.5, 0.6) is 11.5 Å². The van der Waals surface area contributed by atoms with Gasteiger partial charge in [0.2, 0.25) is 0 Å². The van der Waals surface area contributed by atoms with Gasteiger partial charge in [0.05, 0.1) is 12.7 Å². The maximum atomic E-state index is 12.6. The predicted octanol–water partition coefficient (Wildman–Crippen LogP) is 1.30. The second kappa shape index (κ2) is 5.79. The minimum Gasteiger partial charge on any atom is -0.502 e. The van der Waals surface area contributed by atoms with Crippen molar-refractivity contribution in [2.45, 2.75) is 13.0 Å². The summed E-state index contributed by atoms with van der Waals surface area (Å²) >= 11 is 0. The molecule has 0 unspecified atom stereocenters. The molecule has 6 heteroatoms. The smallest absolute Gasteiger partial charge is 0.293 e. The van der Waals surface area contributed by atoms with Crippen molar-refractivity contribution in [3.8, 4) is 11.5 Å². The summed E-state index contributed by atoms with van der Waals surface area (Å²) in [5.41, 5.74) is 1.21. The van der Waals surface area contributed by atoms with Gasteiger partial charge in [0, 0.05) is 26.3 Å². The summed E-state index contributed by atoms with van der Waals surface area (Å²) in [6.07, 6.45) is 2.23. The molecule has 0 bridgehead atoms. The van der Waals surface area contributed by atoms with Crippen LogP contribution in [0.3, 0.4) is 0 Å². The highest BCUT2D eigenvalue weighted by atomic mass is 16.5. The molecule has 0 spiro atoms. The molecule has 0 radical (unpaired) electrons. The van der Waals surface area contributed by atoms with Gasteiger partial charge in [-0.2, -0.15) is 0 Å². The Labute approximate surface area is 133 Å². The van der Waals surface area contributed by atoms with Gasteiger partial charge < -0.3 is 19.3 Å². The van der Waals surface area contributed by atoms with Gasteiger partial charge in [-0.1, -0.05) is 12.1 Å². The van der Waals surface area contributed by atoms with Crippen molar-refractivity contribution in [2.24, 2.45) is 7.05 Å². The first-order valence-electron chi connectivity index (χ1n) is 7.35. The zero-order valence-electron chi connectivity index (χ0n) is 13.1. The molecule has 1 amide bonds. The summed E-state index contributed by atoms with van der Waals surface area (Å²) in [6.45, 7) is 0.949. The number of rotatable bonds is 3. The van der Waals surface area contributed by atoms with Crippen LogP contribution in [0.25, 0.3) is 0 Å². The van der Waals surface area contributed by atoms with Gasteiger partial charge in [0.25, 0.3) is 11.5 Å². The zero-order chi connectivity index (χ0) is 16.6. The van der Waals surface area contributed by atoms with Crippen molar-refractivity contribution in [2.75, 3.05) is 13.7 Å². The van der Waals surface area contributed by atoms with Crippen LogP contribution in [0.1, 0.15) is 21.5 Å². The van der Waals surface area contributed by atoms with E-state index >= 15 is 0 Å². The molecule has 23 heavy (non-hydrogen) atoms. The molecule has 1 N–H and O–H groups in total. The average molecular weight is 314 g/mol. The number of pyridine rings is 1. The van der Waals surface area contributed by atoms with Gasteiger partial charge in [-0.3, -0.25) is 9.59 Å². The fraction of sp³-hybridized carbons (Fsp3) is 0.294. The number of carbonyl (C=O) groups is 1. The minimum absolute atomic E-state index is 0.127. The number of hydrogen-bond acceptors (Lipinski definition) is 4.